The lowest BCUT2D eigenvalue weighted by atomic mass is 10.2. The molecule has 0 aromatic heterocycles. The van der Waals surface area contributed by atoms with Crippen molar-refractivity contribution in [3.8, 4) is 0 Å². The van der Waals surface area contributed by atoms with E-state index in [-0.39, 0.29) is 0 Å². The van der Waals surface area contributed by atoms with Gasteiger partial charge in [0, 0.05) is 6.61 Å². The van der Waals surface area contributed by atoms with Gasteiger partial charge in [-0.05, 0) is 32.0 Å². The molecule has 0 spiro atoms. The molecule has 0 aliphatic rings. The van der Waals surface area contributed by atoms with Gasteiger partial charge in [-0.3, -0.25) is 0 Å². The summed E-state index contributed by atoms with van der Waals surface area (Å²) >= 11 is 0. The number of hydrogen-bond donors (Lipinski definition) is 0. The van der Waals surface area contributed by atoms with E-state index in [1.54, 1.807) is 0 Å². The van der Waals surface area contributed by atoms with E-state index < -0.39 is 8.32 Å². The summed E-state index contributed by atoms with van der Waals surface area (Å²) < 4.78 is 5.72. The molecule has 0 saturated heterocycles. The van der Waals surface area contributed by atoms with Gasteiger partial charge in [0.15, 0.2) is 8.32 Å². The van der Waals surface area contributed by atoms with Crippen LogP contribution in [0.4, 0.5) is 0 Å². The number of hydrogen-bond acceptors (Lipinski definition) is 1. The smallest absolute Gasteiger partial charge is 0.186 e. The minimum absolute atomic E-state index is 0.822. The van der Waals surface area contributed by atoms with Gasteiger partial charge in [0.05, 0.1) is 0 Å². The average molecular weight is 174 g/mol. The molecule has 0 atom stereocenters. The van der Waals surface area contributed by atoms with Crippen molar-refractivity contribution >= 4 is 8.32 Å². The fraction of sp³-hybridized carbons (Fsp3) is 1.00. The zero-order valence-electron chi connectivity index (χ0n) is 8.61. The summed E-state index contributed by atoms with van der Waals surface area (Å²) in [6.07, 6.45) is 1.32. The highest BCUT2D eigenvalue weighted by Gasteiger charge is 2.21. The average Bonchev–Trinajstić information content (AvgIpc) is 1.84. The normalized spacial score (nSPS) is 12.5. The molecule has 0 fully saturated rings. The lowest BCUT2D eigenvalue weighted by Crippen LogP contribution is -2.30. The highest BCUT2D eigenvalue weighted by molar-refractivity contribution is 6.71. The molecule has 0 rings (SSSR count). The molecule has 0 saturated carbocycles. The van der Waals surface area contributed by atoms with E-state index in [1.807, 2.05) is 0 Å². The summed E-state index contributed by atoms with van der Waals surface area (Å²) in [6.45, 7) is 12.1. The highest BCUT2D eigenvalue weighted by atomic mass is 28.4. The Morgan fingerprint density at radius 2 is 1.82 bits per heavy atom. The molecule has 0 aliphatic carbocycles. The van der Waals surface area contributed by atoms with Gasteiger partial charge in [-0.1, -0.05) is 20.3 Å². The van der Waals surface area contributed by atoms with E-state index in [1.165, 1.54) is 12.5 Å². The fourth-order valence-electron chi connectivity index (χ4n) is 1.10. The minimum Gasteiger partial charge on any atom is -0.418 e. The summed E-state index contributed by atoms with van der Waals surface area (Å²) in [6, 6.07) is 1.30. The van der Waals surface area contributed by atoms with E-state index in [9.17, 15) is 0 Å². The van der Waals surface area contributed by atoms with Gasteiger partial charge >= 0.3 is 0 Å². The molecule has 0 amide bonds. The van der Waals surface area contributed by atoms with Crippen molar-refractivity contribution in [2.75, 3.05) is 6.61 Å². The van der Waals surface area contributed by atoms with E-state index in [0.717, 1.165) is 12.5 Å². The maximum atomic E-state index is 5.72. The van der Waals surface area contributed by atoms with E-state index in [2.05, 4.69) is 33.9 Å². The molecule has 0 aromatic rings. The van der Waals surface area contributed by atoms with Crippen LogP contribution in [0, 0.1) is 5.92 Å². The third-order valence-electron chi connectivity index (χ3n) is 1.86. The predicted octanol–water partition coefficient (Wildman–Crippen LogP) is 3.27. The van der Waals surface area contributed by atoms with Crippen molar-refractivity contribution in [3.05, 3.63) is 0 Å². The summed E-state index contributed by atoms with van der Waals surface area (Å²) in [5, 5.41) is 0. The van der Waals surface area contributed by atoms with Crippen LogP contribution >= 0.6 is 0 Å². The Morgan fingerprint density at radius 3 is 2.18 bits per heavy atom. The minimum atomic E-state index is -1.27. The molecule has 11 heavy (non-hydrogen) atoms. The van der Waals surface area contributed by atoms with Crippen LogP contribution in [0.15, 0.2) is 0 Å². The van der Waals surface area contributed by atoms with Gasteiger partial charge < -0.3 is 4.43 Å². The first-order valence-electron chi connectivity index (χ1n) is 4.62. The van der Waals surface area contributed by atoms with Crippen molar-refractivity contribution in [3.63, 3.8) is 0 Å². The van der Waals surface area contributed by atoms with Crippen LogP contribution in [0.5, 0.6) is 0 Å². The lowest BCUT2D eigenvalue weighted by Gasteiger charge is -2.22. The van der Waals surface area contributed by atoms with Gasteiger partial charge in [-0.25, -0.2) is 0 Å². The Hall–Kier alpha value is 0.177. The molecule has 2 heteroatoms. The van der Waals surface area contributed by atoms with Gasteiger partial charge in [-0.2, -0.15) is 0 Å². The van der Waals surface area contributed by atoms with Crippen LogP contribution in [-0.4, -0.2) is 14.9 Å². The lowest BCUT2D eigenvalue weighted by molar-refractivity contribution is 0.326. The van der Waals surface area contributed by atoms with E-state index in [0.29, 0.717) is 0 Å². The van der Waals surface area contributed by atoms with Gasteiger partial charge in [0.1, 0.15) is 0 Å². The predicted molar refractivity (Wildman–Crippen MR) is 53.4 cm³/mol. The second kappa shape index (κ2) is 4.94. The summed E-state index contributed by atoms with van der Waals surface area (Å²) in [5.74, 6) is 0.822. The van der Waals surface area contributed by atoms with Crippen LogP contribution < -0.4 is 0 Å². The molecular weight excluding hydrogens is 152 g/mol. The second-order valence-corrected chi connectivity index (χ2v) is 8.43. The Morgan fingerprint density at radius 1 is 1.27 bits per heavy atom. The fourth-order valence-corrected chi connectivity index (χ4v) is 3.30. The Balaban J connectivity index is 3.54. The van der Waals surface area contributed by atoms with Crippen LogP contribution in [-0.2, 0) is 4.43 Å². The highest BCUT2D eigenvalue weighted by Crippen LogP contribution is 2.17. The quantitative estimate of drug-likeness (QED) is 0.581. The first-order chi connectivity index (χ1) is 4.98. The van der Waals surface area contributed by atoms with Crippen LogP contribution in [0.3, 0.4) is 0 Å². The van der Waals surface area contributed by atoms with Crippen LogP contribution in [0.1, 0.15) is 27.2 Å². The first-order valence-corrected chi connectivity index (χ1v) is 7.73. The SMILES string of the molecule is CCO[Si](C)(C)CCC(C)C. The van der Waals surface area contributed by atoms with Crippen LogP contribution in [0.25, 0.3) is 0 Å². The Kier molecular flexibility index (Phi) is 5.02. The molecule has 0 heterocycles. The maximum absolute atomic E-state index is 5.72. The Labute approximate surface area is 72.3 Å². The van der Waals surface area contributed by atoms with Gasteiger partial charge in [-0.15, -0.1) is 0 Å². The molecule has 0 N–H and O–H groups in total. The van der Waals surface area contributed by atoms with Gasteiger partial charge in [0.2, 0.25) is 0 Å². The monoisotopic (exact) mass is 174 g/mol. The molecule has 0 radical (unpaired) electrons. The standard InChI is InChI=1S/C9H22OSi/c1-6-10-11(4,5)8-7-9(2)3/h9H,6-8H2,1-5H3. The largest absolute Gasteiger partial charge is 0.418 e. The first kappa shape index (κ1) is 11.2. The molecule has 0 bridgehead atoms. The summed E-state index contributed by atoms with van der Waals surface area (Å²) in [4.78, 5) is 0. The van der Waals surface area contributed by atoms with Crippen molar-refractivity contribution in [2.24, 2.45) is 5.92 Å². The summed E-state index contributed by atoms with van der Waals surface area (Å²) in [7, 11) is -1.27. The zero-order valence-corrected chi connectivity index (χ0v) is 9.61. The van der Waals surface area contributed by atoms with E-state index >= 15 is 0 Å². The van der Waals surface area contributed by atoms with Crippen molar-refractivity contribution in [2.45, 2.75) is 46.3 Å². The molecule has 0 unspecified atom stereocenters. The third kappa shape index (κ3) is 6.57. The van der Waals surface area contributed by atoms with E-state index in [4.69, 9.17) is 4.43 Å². The third-order valence-corrected chi connectivity index (χ3v) is 4.42. The molecule has 68 valence electrons. The van der Waals surface area contributed by atoms with Gasteiger partial charge in [0.25, 0.3) is 0 Å². The van der Waals surface area contributed by atoms with Crippen molar-refractivity contribution in [1.82, 2.24) is 0 Å². The maximum Gasteiger partial charge on any atom is 0.186 e. The molecular formula is C9H22OSi. The Bertz CT molecular complexity index is 99.7. The van der Waals surface area contributed by atoms with Crippen molar-refractivity contribution < 1.29 is 4.43 Å². The molecule has 1 nitrogen and oxygen atoms in total. The second-order valence-electron chi connectivity index (χ2n) is 4.13. The number of rotatable bonds is 5. The topological polar surface area (TPSA) is 9.23 Å². The molecule has 0 aliphatic heterocycles. The molecule has 0 aromatic carbocycles. The van der Waals surface area contributed by atoms with Crippen LogP contribution in [0.2, 0.25) is 19.1 Å². The van der Waals surface area contributed by atoms with Crippen molar-refractivity contribution in [1.29, 1.82) is 0 Å². The zero-order chi connectivity index (χ0) is 8.91. The summed E-state index contributed by atoms with van der Waals surface area (Å²) in [5.41, 5.74) is 0.